The Morgan fingerprint density at radius 2 is 1.80 bits per heavy atom. The van der Waals surface area contributed by atoms with Crippen LogP contribution in [0.2, 0.25) is 0 Å². The van der Waals surface area contributed by atoms with Gasteiger partial charge in [-0.3, -0.25) is 0 Å². The van der Waals surface area contributed by atoms with Crippen LogP contribution in [0.1, 0.15) is 5.56 Å². The van der Waals surface area contributed by atoms with Crippen LogP contribution < -0.4 is 10.5 Å². The highest BCUT2D eigenvalue weighted by Gasteiger charge is 2.02. The monoisotopic (exact) mass is 265 g/mol. The maximum absolute atomic E-state index is 5.81. The molecule has 0 fully saturated rings. The number of nitrogens with two attached hydrogens (primary N) is 1. The fourth-order valence-electron chi connectivity index (χ4n) is 2.00. The van der Waals surface area contributed by atoms with Gasteiger partial charge in [0.15, 0.2) is 5.95 Å². The Balaban J connectivity index is 1.78. The van der Waals surface area contributed by atoms with Crippen LogP contribution in [-0.2, 0) is 6.54 Å². The lowest BCUT2D eigenvalue weighted by molar-refractivity contribution is 0.481. The molecule has 0 aliphatic heterocycles. The molecule has 0 unspecified atom stereocenters. The third-order valence-electron chi connectivity index (χ3n) is 2.98. The second kappa shape index (κ2) is 5.48. The van der Waals surface area contributed by atoms with Crippen LogP contribution >= 0.6 is 0 Å². The van der Waals surface area contributed by atoms with Crippen LogP contribution in [0, 0.1) is 0 Å². The van der Waals surface area contributed by atoms with Crippen molar-refractivity contribution in [2.24, 2.45) is 0 Å². The Bertz CT molecular complexity index is 692. The molecule has 0 saturated carbocycles. The molecule has 4 nitrogen and oxygen atoms in total. The van der Waals surface area contributed by atoms with E-state index in [-0.39, 0.29) is 0 Å². The molecule has 4 heteroatoms. The number of anilines is 1. The molecule has 100 valence electrons. The predicted molar refractivity (Wildman–Crippen MR) is 78.7 cm³/mol. The average Bonchev–Trinajstić information content (AvgIpc) is 2.86. The first-order valence-corrected chi connectivity index (χ1v) is 6.40. The highest BCUT2D eigenvalue weighted by Crippen LogP contribution is 2.22. The maximum atomic E-state index is 5.81. The summed E-state index contributed by atoms with van der Waals surface area (Å²) in [6, 6.07) is 17.7. The summed E-state index contributed by atoms with van der Waals surface area (Å²) in [5, 5.41) is 0. The summed E-state index contributed by atoms with van der Waals surface area (Å²) < 4.78 is 7.70. The van der Waals surface area contributed by atoms with E-state index in [2.05, 4.69) is 4.98 Å². The fraction of sp³-hybridized carbons (Fsp3) is 0.0625. The van der Waals surface area contributed by atoms with Gasteiger partial charge in [-0.15, -0.1) is 0 Å². The first kappa shape index (κ1) is 12.3. The van der Waals surface area contributed by atoms with Crippen molar-refractivity contribution in [3.63, 3.8) is 0 Å². The van der Waals surface area contributed by atoms with Crippen LogP contribution in [0.5, 0.6) is 11.5 Å². The lowest BCUT2D eigenvalue weighted by atomic mass is 10.2. The lowest BCUT2D eigenvalue weighted by Gasteiger charge is -2.09. The smallest absolute Gasteiger partial charge is 0.200 e. The van der Waals surface area contributed by atoms with Crippen molar-refractivity contribution in [2.45, 2.75) is 6.54 Å². The molecule has 0 aliphatic rings. The van der Waals surface area contributed by atoms with Gasteiger partial charge in [-0.25, -0.2) is 4.98 Å². The van der Waals surface area contributed by atoms with Crippen molar-refractivity contribution in [2.75, 3.05) is 5.73 Å². The Hall–Kier alpha value is -2.75. The van der Waals surface area contributed by atoms with Crippen LogP contribution in [0.25, 0.3) is 0 Å². The van der Waals surface area contributed by atoms with E-state index in [1.165, 1.54) is 0 Å². The molecule has 2 N–H and O–H groups in total. The molecule has 1 heterocycles. The Kier molecular flexibility index (Phi) is 3.37. The van der Waals surface area contributed by atoms with Crippen molar-refractivity contribution >= 4 is 5.95 Å². The average molecular weight is 265 g/mol. The zero-order chi connectivity index (χ0) is 13.8. The van der Waals surface area contributed by atoms with E-state index in [1.807, 2.05) is 65.4 Å². The SMILES string of the molecule is Nc1nccn1Cc1cccc(Oc2ccccc2)c1. The molecule has 3 rings (SSSR count). The van der Waals surface area contributed by atoms with E-state index >= 15 is 0 Å². The molecule has 1 aromatic heterocycles. The number of para-hydroxylation sites is 1. The maximum Gasteiger partial charge on any atom is 0.200 e. The molecule has 0 saturated heterocycles. The highest BCUT2D eigenvalue weighted by atomic mass is 16.5. The van der Waals surface area contributed by atoms with Crippen LogP contribution in [-0.4, -0.2) is 9.55 Å². The van der Waals surface area contributed by atoms with Gasteiger partial charge in [0.2, 0.25) is 0 Å². The molecule has 0 spiro atoms. The van der Waals surface area contributed by atoms with Crippen molar-refractivity contribution < 1.29 is 4.74 Å². The summed E-state index contributed by atoms with van der Waals surface area (Å²) in [5.74, 6) is 2.15. The summed E-state index contributed by atoms with van der Waals surface area (Å²) in [6.45, 7) is 0.678. The van der Waals surface area contributed by atoms with Gasteiger partial charge in [0, 0.05) is 12.4 Å². The molecule has 0 atom stereocenters. The second-order valence-corrected chi connectivity index (χ2v) is 4.48. The third-order valence-corrected chi connectivity index (χ3v) is 2.98. The van der Waals surface area contributed by atoms with Crippen molar-refractivity contribution in [3.05, 3.63) is 72.6 Å². The minimum Gasteiger partial charge on any atom is -0.457 e. The number of hydrogen-bond acceptors (Lipinski definition) is 3. The molecular weight excluding hydrogens is 250 g/mol. The number of imidazole rings is 1. The van der Waals surface area contributed by atoms with Crippen LogP contribution in [0.15, 0.2) is 67.0 Å². The van der Waals surface area contributed by atoms with Crippen molar-refractivity contribution in [1.29, 1.82) is 0 Å². The molecule has 20 heavy (non-hydrogen) atoms. The van der Waals surface area contributed by atoms with E-state index in [0.29, 0.717) is 12.5 Å². The minimum absolute atomic E-state index is 0.513. The Morgan fingerprint density at radius 1 is 1.00 bits per heavy atom. The fourth-order valence-corrected chi connectivity index (χ4v) is 2.00. The van der Waals surface area contributed by atoms with Gasteiger partial charge < -0.3 is 15.0 Å². The van der Waals surface area contributed by atoms with Crippen molar-refractivity contribution in [3.8, 4) is 11.5 Å². The number of hydrogen-bond donors (Lipinski definition) is 1. The number of benzene rings is 2. The largest absolute Gasteiger partial charge is 0.457 e. The summed E-state index contributed by atoms with van der Waals surface area (Å²) in [5.41, 5.74) is 6.88. The number of nitrogens with zero attached hydrogens (tertiary/aromatic N) is 2. The van der Waals surface area contributed by atoms with Gasteiger partial charge in [-0.1, -0.05) is 30.3 Å². The number of rotatable bonds is 4. The standard InChI is InChI=1S/C16H15N3O/c17-16-18-9-10-19(16)12-13-5-4-8-15(11-13)20-14-6-2-1-3-7-14/h1-11H,12H2,(H2,17,18). The molecule has 2 aromatic carbocycles. The van der Waals surface area contributed by atoms with Crippen LogP contribution in [0.4, 0.5) is 5.95 Å². The van der Waals surface area contributed by atoms with Gasteiger partial charge >= 0.3 is 0 Å². The normalized spacial score (nSPS) is 10.4. The van der Waals surface area contributed by atoms with E-state index in [4.69, 9.17) is 10.5 Å². The van der Waals surface area contributed by atoms with Gasteiger partial charge in [-0.05, 0) is 29.8 Å². The number of ether oxygens (including phenoxy) is 1. The lowest BCUT2D eigenvalue weighted by Crippen LogP contribution is -2.03. The van der Waals surface area contributed by atoms with Crippen molar-refractivity contribution in [1.82, 2.24) is 9.55 Å². The minimum atomic E-state index is 0.513. The second-order valence-electron chi connectivity index (χ2n) is 4.48. The molecule has 0 aliphatic carbocycles. The molecule has 0 radical (unpaired) electrons. The van der Waals surface area contributed by atoms with Gasteiger partial charge in [0.25, 0.3) is 0 Å². The van der Waals surface area contributed by atoms with E-state index in [1.54, 1.807) is 6.20 Å². The topological polar surface area (TPSA) is 53.1 Å². The first-order valence-electron chi connectivity index (χ1n) is 6.40. The molecule has 0 bridgehead atoms. The van der Waals surface area contributed by atoms with E-state index in [0.717, 1.165) is 17.1 Å². The van der Waals surface area contributed by atoms with E-state index in [9.17, 15) is 0 Å². The summed E-state index contributed by atoms with van der Waals surface area (Å²) in [6.07, 6.45) is 3.56. The molecule has 0 amide bonds. The zero-order valence-electron chi connectivity index (χ0n) is 10.9. The third kappa shape index (κ3) is 2.80. The van der Waals surface area contributed by atoms with Crippen LogP contribution in [0.3, 0.4) is 0 Å². The highest BCUT2D eigenvalue weighted by molar-refractivity contribution is 5.34. The van der Waals surface area contributed by atoms with E-state index < -0.39 is 0 Å². The Morgan fingerprint density at radius 3 is 2.55 bits per heavy atom. The summed E-state index contributed by atoms with van der Waals surface area (Å²) in [4.78, 5) is 4.01. The zero-order valence-corrected chi connectivity index (χ0v) is 10.9. The predicted octanol–water partition coefficient (Wildman–Crippen LogP) is 3.31. The first-order chi connectivity index (χ1) is 9.81. The quantitative estimate of drug-likeness (QED) is 0.787. The Labute approximate surface area is 117 Å². The van der Waals surface area contributed by atoms with Gasteiger partial charge in [0.05, 0.1) is 6.54 Å². The number of nitrogen functional groups attached to an aromatic ring is 1. The summed E-state index contributed by atoms with van der Waals surface area (Å²) >= 11 is 0. The molecular formula is C16H15N3O. The molecule has 3 aromatic rings. The number of aromatic nitrogens is 2. The van der Waals surface area contributed by atoms with Gasteiger partial charge in [-0.2, -0.15) is 0 Å². The summed E-state index contributed by atoms with van der Waals surface area (Å²) in [7, 11) is 0. The van der Waals surface area contributed by atoms with Gasteiger partial charge in [0.1, 0.15) is 11.5 Å².